The van der Waals surface area contributed by atoms with Crippen LogP contribution in [0.4, 0.5) is 0 Å². The molecular weight excluding hydrogens is 808 g/mol. The summed E-state index contributed by atoms with van der Waals surface area (Å²) in [4.78, 5) is 0. The summed E-state index contributed by atoms with van der Waals surface area (Å²) >= 11 is 14.3. The van der Waals surface area contributed by atoms with Crippen molar-refractivity contribution in [2.24, 2.45) is 0 Å². The van der Waals surface area contributed by atoms with Crippen molar-refractivity contribution >= 4 is 74.9 Å². The minimum atomic E-state index is 0.743. The second-order valence-electron chi connectivity index (χ2n) is 10.7. The van der Waals surface area contributed by atoms with Gasteiger partial charge in [-0.15, -0.1) is 0 Å². The third kappa shape index (κ3) is 11.2. The Bertz CT molecular complexity index is 1300. The van der Waals surface area contributed by atoms with Gasteiger partial charge >= 0.3 is 0 Å². The predicted octanol–water partition coefficient (Wildman–Crippen LogP) is 12.9. The summed E-state index contributed by atoms with van der Waals surface area (Å²) in [7, 11) is 0. The van der Waals surface area contributed by atoms with Gasteiger partial charge in [0, 0.05) is 19.6 Å². The fourth-order valence-corrected chi connectivity index (χ4v) is 6.38. The van der Waals surface area contributed by atoms with E-state index in [2.05, 4.69) is 161 Å². The van der Waals surface area contributed by atoms with Crippen LogP contribution in [0, 0.1) is 0 Å². The zero-order valence-corrected chi connectivity index (χ0v) is 31.4. The molecule has 0 aromatic heterocycles. The highest BCUT2D eigenvalue weighted by atomic mass is 79.9. The molecule has 4 aromatic carbocycles. The first-order chi connectivity index (χ1) is 21.6. The van der Waals surface area contributed by atoms with E-state index < -0.39 is 0 Å². The van der Waals surface area contributed by atoms with Crippen LogP contribution in [0.1, 0.15) is 73.6 Å². The van der Waals surface area contributed by atoms with Crippen molar-refractivity contribution in [3.63, 3.8) is 0 Å². The van der Waals surface area contributed by atoms with Crippen LogP contribution in [-0.4, -0.2) is 23.9 Å². The highest BCUT2D eigenvalue weighted by Crippen LogP contribution is 2.38. The molecule has 0 fully saturated rings. The largest absolute Gasteiger partial charge is 0.494 e. The quantitative estimate of drug-likeness (QED) is 0.0564. The molecule has 0 amide bonds. The van der Waals surface area contributed by atoms with Crippen LogP contribution in [-0.2, 0) is 0 Å². The minimum absolute atomic E-state index is 0.743. The first-order valence-corrected chi connectivity index (χ1v) is 19.3. The number of unbranched alkanes of at least 4 members (excludes halogenated alkanes) is 6. The van der Waals surface area contributed by atoms with Gasteiger partial charge in [-0.2, -0.15) is 0 Å². The lowest BCUT2D eigenvalue weighted by atomic mass is 9.86. The van der Waals surface area contributed by atoms with Gasteiger partial charge in [0.15, 0.2) is 0 Å². The first-order valence-electron chi connectivity index (χ1n) is 15.4. The molecule has 6 heteroatoms. The number of ether oxygens (including phenoxy) is 2. The number of halogens is 4. The standard InChI is InChI=1S/C38H40Br4O2/c39-25-5-1-3-7-27-43-35-21-13-31(14-22-35)37(29-9-17-33(41)18-10-29)38(30-11-19-34(42)20-12-30)32-15-23-36(24-16-32)44-28-8-4-2-6-26-40/h9-24H,1-8,25-28H2. The molecule has 2 nitrogen and oxygen atoms in total. The lowest BCUT2D eigenvalue weighted by Crippen LogP contribution is -2.00. The van der Waals surface area contributed by atoms with E-state index in [1.54, 1.807) is 0 Å². The molecule has 0 saturated carbocycles. The molecule has 0 radical (unpaired) electrons. The second kappa shape index (κ2) is 19.6. The summed E-state index contributed by atoms with van der Waals surface area (Å²) in [6, 6.07) is 34.3. The molecule has 0 atom stereocenters. The summed E-state index contributed by atoms with van der Waals surface area (Å²) in [6.45, 7) is 1.49. The van der Waals surface area contributed by atoms with Crippen molar-refractivity contribution in [2.75, 3.05) is 23.9 Å². The van der Waals surface area contributed by atoms with Crippen LogP contribution < -0.4 is 9.47 Å². The fraction of sp³-hybridized carbons (Fsp3) is 0.316. The average molecular weight is 848 g/mol. The molecule has 0 saturated heterocycles. The Morgan fingerprint density at radius 2 is 0.682 bits per heavy atom. The molecule has 0 N–H and O–H groups in total. The molecular formula is C38H40Br4O2. The highest BCUT2D eigenvalue weighted by Gasteiger charge is 2.17. The fourth-order valence-electron chi connectivity index (χ4n) is 5.06. The zero-order chi connectivity index (χ0) is 31.0. The lowest BCUT2D eigenvalue weighted by molar-refractivity contribution is 0.305. The van der Waals surface area contributed by atoms with Gasteiger partial charge in [-0.05, 0) is 108 Å². The maximum Gasteiger partial charge on any atom is 0.119 e. The SMILES string of the molecule is BrCCCCCCOc1ccc(C(=C(c2ccc(Br)cc2)c2ccc(OCCCCCCBr)cc2)c2ccc(Br)cc2)cc1. The number of hydrogen-bond acceptors (Lipinski definition) is 2. The van der Waals surface area contributed by atoms with E-state index in [0.29, 0.717) is 0 Å². The van der Waals surface area contributed by atoms with Crippen molar-refractivity contribution in [1.29, 1.82) is 0 Å². The maximum absolute atomic E-state index is 6.10. The van der Waals surface area contributed by atoms with Gasteiger partial charge in [0.2, 0.25) is 0 Å². The third-order valence-corrected chi connectivity index (χ3v) is 9.57. The van der Waals surface area contributed by atoms with Crippen LogP contribution in [0.25, 0.3) is 11.1 Å². The van der Waals surface area contributed by atoms with Gasteiger partial charge in [0.1, 0.15) is 11.5 Å². The van der Waals surface area contributed by atoms with Crippen LogP contribution >= 0.6 is 63.7 Å². The zero-order valence-electron chi connectivity index (χ0n) is 25.1. The molecule has 232 valence electrons. The normalized spacial score (nSPS) is 11.7. The van der Waals surface area contributed by atoms with E-state index in [-0.39, 0.29) is 0 Å². The van der Waals surface area contributed by atoms with E-state index in [1.807, 2.05) is 0 Å². The van der Waals surface area contributed by atoms with Gasteiger partial charge in [-0.1, -0.05) is 138 Å². The first kappa shape index (κ1) is 35.0. The van der Waals surface area contributed by atoms with Crippen molar-refractivity contribution in [3.8, 4) is 11.5 Å². The molecule has 0 spiro atoms. The van der Waals surface area contributed by atoms with E-state index in [1.165, 1.54) is 49.7 Å². The third-order valence-electron chi connectivity index (χ3n) is 7.40. The summed E-state index contributed by atoms with van der Waals surface area (Å²) in [6.07, 6.45) is 9.43. The Labute approximate surface area is 297 Å². The van der Waals surface area contributed by atoms with Crippen LogP contribution in [0.3, 0.4) is 0 Å². The Morgan fingerprint density at radius 1 is 0.386 bits per heavy atom. The molecule has 0 aliphatic carbocycles. The van der Waals surface area contributed by atoms with Crippen molar-refractivity contribution in [3.05, 3.63) is 128 Å². The summed E-state index contributed by atoms with van der Waals surface area (Å²) in [5.41, 5.74) is 6.91. The number of hydrogen-bond donors (Lipinski definition) is 0. The Morgan fingerprint density at radius 3 is 1.00 bits per heavy atom. The summed E-state index contributed by atoms with van der Waals surface area (Å²) < 4.78 is 14.3. The van der Waals surface area contributed by atoms with Crippen molar-refractivity contribution in [2.45, 2.75) is 51.4 Å². The lowest BCUT2D eigenvalue weighted by Gasteiger charge is -2.19. The van der Waals surface area contributed by atoms with E-state index in [9.17, 15) is 0 Å². The van der Waals surface area contributed by atoms with Gasteiger partial charge in [-0.25, -0.2) is 0 Å². The monoisotopic (exact) mass is 844 g/mol. The van der Waals surface area contributed by atoms with Gasteiger partial charge in [0.25, 0.3) is 0 Å². The Balaban J connectivity index is 1.67. The molecule has 0 aliphatic rings. The Hall–Kier alpha value is -1.86. The topological polar surface area (TPSA) is 18.5 Å². The molecule has 0 unspecified atom stereocenters. The van der Waals surface area contributed by atoms with Crippen molar-refractivity contribution < 1.29 is 9.47 Å². The molecule has 0 aliphatic heterocycles. The number of rotatable bonds is 18. The molecule has 4 rings (SSSR count). The van der Waals surface area contributed by atoms with Crippen LogP contribution in [0.15, 0.2) is 106 Å². The van der Waals surface area contributed by atoms with Crippen LogP contribution in [0.5, 0.6) is 11.5 Å². The molecule has 4 aromatic rings. The van der Waals surface area contributed by atoms with E-state index in [4.69, 9.17) is 9.47 Å². The van der Waals surface area contributed by atoms with E-state index in [0.717, 1.165) is 79.4 Å². The smallest absolute Gasteiger partial charge is 0.119 e. The highest BCUT2D eigenvalue weighted by molar-refractivity contribution is 9.11. The minimum Gasteiger partial charge on any atom is -0.494 e. The Kier molecular flexibility index (Phi) is 15.6. The number of alkyl halides is 2. The van der Waals surface area contributed by atoms with Crippen molar-refractivity contribution in [1.82, 2.24) is 0 Å². The van der Waals surface area contributed by atoms with Crippen LogP contribution in [0.2, 0.25) is 0 Å². The van der Waals surface area contributed by atoms with Gasteiger partial charge < -0.3 is 9.47 Å². The number of benzene rings is 4. The van der Waals surface area contributed by atoms with E-state index >= 15 is 0 Å². The second-order valence-corrected chi connectivity index (χ2v) is 14.1. The molecule has 0 heterocycles. The van der Waals surface area contributed by atoms with Gasteiger partial charge in [-0.3, -0.25) is 0 Å². The predicted molar refractivity (Wildman–Crippen MR) is 202 cm³/mol. The molecule has 44 heavy (non-hydrogen) atoms. The summed E-state index contributed by atoms with van der Waals surface area (Å²) in [5.74, 6) is 1.81. The molecule has 0 bridgehead atoms. The summed E-state index contributed by atoms with van der Waals surface area (Å²) in [5, 5.41) is 2.14. The maximum atomic E-state index is 6.10. The van der Waals surface area contributed by atoms with Gasteiger partial charge in [0.05, 0.1) is 13.2 Å². The average Bonchev–Trinajstić information content (AvgIpc) is 3.05.